The summed E-state index contributed by atoms with van der Waals surface area (Å²) in [5.74, 6) is -0.539. The van der Waals surface area contributed by atoms with Crippen molar-refractivity contribution >= 4 is 40.3 Å². The molecule has 3 heterocycles. The van der Waals surface area contributed by atoms with Gasteiger partial charge in [-0.2, -0.15) is 0 Å². The van der Waals surface area contributed by atoms with Crippen molar-refractivity contribution in [3.63, 3.8) is 0 Å². The average Bonchev–Trinajstić information content (AvgIpc) is 2.57. The zero-order valence-electron chi connectivity index (χ0n) is 12.3. The normalized spacial score (nSPS) is 10.8. The van der Waals surface area contributed by atoms with E-state index in [1.165, 1.54) is 24.7 Å². The van der Waals surface area contributed by atoms with Crippen LogP contribution in [0.3, 0.4) is 0 Å². The van der Waals surface area contributed by atoms with Crippen molar-refractivity contribution in [2.24, 2.45) is 0 Å². The van der Waals surface area contributed by atoms with Gasteiger partial charge in [0.05, 0.1) is 10.6 Å². The van der Waals surface area contributed by atoms with E-state index >= 15 is 0 Å². The van der Waals surface area contributed by atoms with Gasteiger partial charge in [0.15, 0.2) is 11.4 Å². The van der Waals surface area contributed by atoms with E-state index in [2.05, 4.69) is 19.9 Å². The number of ether oxygens (including phenoxy) is 1. The van der Waals surface area contributed by atoms with Crippen molar-refractivity contribution in [3.05, 3.63) is 45.2 Å². The number of carbonyl (C=O) groups excluding carboxylic acids is 1. The van der Waals surface area contributed by atoms with E-state index in [4.69, 9.17) is 27.9 Å². The van der Waals surface area contributed by atoms with Crippen LogP contribution in [0.25, 0.3) is 22.3 Å². The molecule has 0 saturated heterocycles. The lowest BCUT2D eigenvalue weighted by Gasteiger charge is -2.12. The molecule has 0 radical (unpaired) electrons. The quantitative estimate of drug-likeness (QED) is 0.566. The molecule has 0 amide bonds. The van der Waals surface area contributed by atoms with Crippen molar-refractivity contribution in [3.8, 4) is 16.9 Å². The molecule has 0 saturated carbocycles. The summed E-state index contributed by atoms with van der Waals surface area (Å²) in [6.45, 7) is 1.64. The van der Waals surface area contributed by atoms with E-state index in [0.29, 0.717) is 0 Å². The van der Waals surface area contributed by atoms with Crippen molar-refractivity contribution in [2.75, 3.05) is 0 Å². The minimum absolute atomic E-state index is 0.0159. The summed E-state index contributed by atoms with van der Waals surface area (Å²) in [6.07, 6.45) is 4.28. The first-order valence-electron chi connectivity index (χ1n) is 6.90. The average molecular weight is 365 g/mol. The lowest BCUT2D eigenvalue weighted by Crippen LogP contribution is -2.16. The van der Waals surface area contributed by atoms with Gasteiger partial charge in [-0.05, 0) is 6.07 Å². The first-order valence-corrected chi connectivity index (χ1v) is 7.66. The van der Waals surface area contributed by atoms with Crippen molar-refractivity contribution in [1.29, 1.82) is 0 Å². The molecule has 0 atom stereocenters. The highest BCUT2D eigenvalue weighted by Crippen LogP contribution is 2.36. The van der Waals surface area contributed by atoms with E-state index in [1.54, 1.807) is 6.92 Å². The number of halogens is 2. The van der Waals surface area contributed by atoms with Crippen LogP contribution in [-0.4, -0.2) is 25.9 Å². The Morgan fingerprint density at radius 3 is 2.75 bits per heavy atom. The number of nitrogens with one attached hydrogen (secondary N) is 1. The zero-order valence-corrected chi connectivity index (χ0v) is 13.9. The van der Waals surface area contributed by atoms with Crippen LogP contribution in [0.1, 0.15) is 13.3 Å². The van der Waals surface area contributed by atoms with E-state index in [1.807, 2.05) is 0 Å². The Bertz CT molecular complexity index is 1000. The highest BCUT2D eigenvalue weighted by atomic mass is 35.5. The first kappa shape index (κ1) is 16.4. The molecule has 0 aliphatic heterocycles. The summed E-state index contributed by atoms with van der Waals surface area (Å²) in [5.41, 5.74) is 0.217. The highest BCUT2D eigenvalue weighted by molar-refractivity contribution is 6.34. The van der Waals surface area contributed by atoms with Gasteiger partial charge in [0.1, 0.15) is 10.7 Å². The SMILES string of the molecule is CCC(=O)Oc1c(-c2cc(Cl)ncc2Cl)c(=O)[nH]c2nccnc12. The van der Waals surface area contributed by atoms with Crippen LogP contribution in [0.2, 0.25) is 10.2 Å². The van der Waals surface area contributed by atoms with Crippen LogP contribution >= 0.6 is 23.2 Å². The number of pyridine rings is 2. The van der Waals surface area contributed by atoms with Gasteiger partial charge in [0.2, 0.25) is 0 Å². The lowest BCUT2D eigenvalue weighted by atomic mass is 10.1. The fourth-order valence-electron chi connectivity index (χ4n) is 2.12. The molecule has 0 aliphatic carbocycles. The van der Waals surface area contributed by atoms with Crippen LogP contribution in [0.5, 0.6) is 5.75 Å². The molecular formula is C15H10Cl2N4O3. The fourth-order valence-corrected chi connectivity index (χ4v) is 2.48. The Labute approximate surface area is 145 Å². The minimum atomic E-state index is -0.536. The Balaban J connectivity index is 2.39. The van der Waals surface area contributed by atoms with E-state index in [0.717, 1.165) is 0 Å². The molecule has 3 aromatic rings. The molecule has 1 N–H and O–H groups in total. The van der Waals surface area contributed by atoms with Gasteiger partial charge in [-0.1, -0.05) is 30.1 Å². The van der Waals surface area contributed by atoms with Gasteiger partial charge in [0.25, 0.3) is 5.56 Å². The zero-order chi connectivity index (χ0) is 17.3. The lowest BCUT2D eigenvalue weighted by molar-refractivity contribution is -0.133. The summed E-state index contributed by atoms with van der Waals surface area (Å²) in [4.78, 5) is 39.0. The second-order valence-corrected chi connectivity index (χ2v) is 5.52. The van der Waals surface area contributed by atoms with Crippen molar-refractivity contribution < 1.29 is 9.53 Å². The van der Waals surface area contributed by atoms with E-state index < -0.39 is 11.5 Å². The van der Waals surface area contributed by atoms with Gasteiger partial charge in [0, 0.05) is 30.6 Å². The van der Waals surface area contributed by atoms with Gasteiger partial charge >= 0.3 is 5.97 Å². The Morgan fingerprint density at radius 2 is 2.00 bits per heavy atom. The second-order valence-electron chi connectivity index (χ2n) is 4.73. The van der Waals surface area contributed by atoms with Gasteiger partial charge in [-0.3, -0.25) is 9.59 Å². The third-order valence-electron chi connectivity index (χ3n) is 3.20. The highest BCUT2D eigenvalue weighted by Gasteiger charge is 2.22. The molecule has 9 heteroatoms. The molecule has 3 rings (SSSR count). The van der Waals surface area contributed by atoms with E-state index in [-0.39, 0.29) is 44.6 Å². The van der Waals surface area contributed by atoms with Crippen LogP contribution in [-0.2, 0) is 4.79 Å². The van der Waals surface area contributed by atoms with E-state index in [9.17, 15) is 9.59 Å². The van der Waals surface area contributed by atoms with Crippen LogP contribution in [0.15, 0.2) is 29.5 Å². The molecule has 0 fully saturated rings. The number of H-pyrrole nitrogens is 1. The Morgan fingerprint density at radius 1 is 1.25 bits per heavy atom. The summed E-state index contributed by atoms with van der Waals surface area (Å²) in [5, 5.41) is 0.322. The Kier molecular flexibility index (Phi) is 4.46. The topological polar surface area (TPSA) is 97.8 Å². The first-order chi connectivity index (χ1) is 11.5. The van der Waals surface area contributed by atoms with Crippen molar-refractivity contribution in [1.82, 2.24) is 19.9 Å². The molecule has 0 bridgehead atoms. The summed E-state index contributed by atoms with van der Waals surface area (Å²) >= 11 is 12.1. The predicted molar refractivity (Wildman–Crippen MR) is 89.3 cm³/mol. The van der Waals surface area contributed by atoms with Crippen LogP contribution in [0, 0.1) is 0 Å². The number of fused-ring (bicyclic) bond motifs is 1. The maximum Gasteiger partial charge on any atom is 0.310 e. The molecule has 24 heavy (non-hydrogen) atoms. The number of aromatic amines is 1. The molecule has 0 aromatic carbocycles. The number of hydrogen-bond acceptors (Lipinski definition) is 6. The molecule has 0 unspecified atom stereocenters. The predicted octanol–water partition coefficient (Wildman–Crippen LogP) is 3.00. The fraction of sp³-hybridized carbons (Fsp3) is 0.133. The number of hydrogen-bond donors (Lipinski definition) is 1. The number of rotatable bonds is 3. The minimum Gasteiger partial charge on any atom is -0.423 e. The largest absolute Gasteiger partial charge is 0.423 e. The number of esters is 1. The number of carbonyl (C=O) groups is 1. The molecule has 0 spiro atoms. The molecule has 122 valence electrons. The molecule has 0 aliphatic rings. The van der Waals surface area contributed by atoms with Gasteiger partial charge in [-0.15, -0.1) is 0 Å². The molecule has 7 nitrogen and oxygen atoms in total. The maximum atomic E-state index is 12.6. The third-order valence-corrected chi connectivity index (χ3v) is 3.70. The van der Waals surface area contributed by atoms with Crippen LogP contribution in [0.4, 0.5) is 0 Å². The molecular weight excluding hydrogens is 355 g/mol. The van der Waals surface area contributed by atoms with Crippen LogP contribution < -0.4 is 10.3 Å². The van der Waals surface area contributed by atoms with Gasteiger partial charge in [-0.25, -0.2) is 15.0 Å². The summed E-state index contributed by atoms with van der Waals surface area (Å²) < 4.78 is 5.35. The van der Waals surface area contributed by atoms with Gasteiger partial charge < -0.3 is 9.72 Å². The number of aromatic nitrogens is 4. The summed E-state index contributed by atoms with van der Waals surface area (Å²) in [7, 11) is 0. The monoisotopic (exact) mass is 364 g/mol. The number of nitrogens with zero attached hydrogens (tertiary/aromatic N) is 3. The molecule has 3 aromatic heterocycles. The van der Waals surface area contributed by atoms with Crippen molar-refractivity contribution in [2.45, 2.75) is 13.3 Å². The Hall–Kier alpha value is -2.51. The second kappa shape index (κ2) is 6.54. The summed E-state index contributed by atoms with van der Waals surface area (Å²) in [6, 6.07) is 1.42. The third kappa shape index (κ3) is 2.95. The maximum absolute atomic E-state index is 12.6. The smallest absolute Gasteiger partial charge is 0.310 e. The standard InChI is InChI=1S/C15H10Cl2N4O3/c1-2-10(22)24-13-11(7-5-9(17)20-6-8(7)16)15(23)21-14-12(13)18-3-4-19-14/h3-6H,2H2,1H3,(H,19,21,23).